The van der Waals surface area contributed by atoms with Gasteiger partial charge in [0.25, 0.3) is 5.91 Å². The number of carbonyl (C=O) groups is 2. The van der Waals surface area contributed by atoms with E-state index in [-0.39, 0.29) is 18.1 Å². The summed E-state index contributed by atoms with van der Waals surface area (Å²) in [5, 5.41) is 11.8. The molecule has 2 aliphatic heterocycles. The first-order valence-corrected chi connectivity index (χ1v) is 8.43. The standard InChI is InChI=1S/C17H23N3O5/c1-11-10-25-15-8-12(16(21)19-23)2-3-13(15)9-20(11)17(22)18-14-4-6-24-7-5-14/h2-3,8,11,14,23H,4-7,9-10H2,1H3,(H,18,22)(H,19,21). The average Bonchev–Trinajstić information content (AvgIpc) is 2.80. The number of carbonyl (C=O) groups excluding carboxylic acids is 2. The minimum atomic E-state index is -0.599. The Kier molecular flexibility index (Phi) is 5.40. The number of hydrogen-bond acceptors (Lipinski definition) is 5. The predicted octanol–water partition coefficient (Wildman–Crippen LogP) is 1.28. The molecule has 2 heterocycles. The largest absolute Gasteiger partial charge is 0.491 e. The van der Waals surface area contributed by atoms with Gasteiger partial charge in [-0.2, -0.15) is 0 Å². The van der Waals surface area contributed by atoms with Crippen LogP contribution in [-0.2, 0) is 11.3 Å². The van der Waals surface area contributed by atoms with E-state index in [1.165, 1.54) is 0 Å². The zero-order chi connectivity index (χ0) is 17.8. The summed E-state index contributed by atoms with van der Waals surface area (Å²) in [6, 6.07) is 4.82. The Hall–Kier alpha value is -2.32. The second-order valence-corrected chi connectivity index (χ2v) is 6.39. The van der Waals surface area contributed by atoms with Gasteiger partial charge in [0, 0.05) is 30.4 Å². The van der Waals surface area contributed by atoms with Crippen LogP contribution in [0.5, 0.6) is 5.75 Å². The van der Waals surface area contributed by atoms with E-state index in [1.807, 2.05) is 6.92 Å². The molecule has 25 heavy (non-hydrogen) atoms. The number of hydroxylamine groups is 1. The second-order valence-electron chi connectivity index (χ2n) is 6.39. The first-order chi connectivity index (χ1) is 12.1. The van der Waals surface area contributed by atoms with E-state index in [2.05, 4.69) is 5.32 Å². The zero-order valence-electron chi connectivity index (χ0n) is 14.2. The van der Waals surface area contributed by atoms with Crippen molar-refractivity contribution in [3.63, 3.8) is 0 Å². The summed E-state index contributed by atoms with van der Waals surface area (Å²) in [5.41, 5.74) is 2.73. The lowest BCUT2D eigenvalue weighted by Gasteiger charge is -2.30. The molecule has 1 aromatic rings. The van der Waals surface area contributed by atoms with E-state index in [0.29, 0.717) is 37.7 Å². The van der Waals surface area contributed by atoms with Gasteiger partial charge in [-0.1, -0.05) is 6.07 Å². The summed E-state index contributed by atoms with van der Waals surface area (Å²) >= 11 is 0. The minimum absolute atomic E-state index is 0.109. The van der Waals surface area contributed by atoms with Gasteiger partial charge in [-0.05, 0) is 31.9 Å². The Bertz CT molecular complexity index is 645. The molecule has 0 saturated carbocycles. The normalized spacial score (nSPS) is 20.9. The summed E-state index contributed by atoms with van der Waals surface area (Å²) in [6.07, 6.45) is 1.64. The van der Waals surface area contributed by atoms with Crippen molar-refractivity contribution in [2.75, 3.05) is 19.8 Å². The third kappa shape index (κ3) is 4.02. The molecule has 1 unspecified atom stereocenters. The summed E-state index contributed by atoms with van der Waals surface area (Å²) in [4.78, 5) is 26.0. The molecule has 2 aliphatic rings. The van der Waals surface area contributed by atoms with Crippen molar-refractivity contribution < 1.29 is 24.3 Å². The Morgan fingerprint density at radius 3 is 2.76 bits per heavy atom. The number of nitrogens with zero attached hydrogens (tertiary/aromatic N) is 1. The molecule has 1 atom stereocenters. The fraction of sp³-hybridized carbons (Fsp3) is 0.529. The quantitative estimate of drug-likeness (QED) is 0.552. The van der Waals surface area contributed by atoms with Crippen LogP contribution in [0.4, 0.5) is 4.79 Å². The number of amides is 3. The number of nitrogens with one attached hydrogen (secondary N) is 2. The van der Waals surface area contributed by atoms with Gasteiger partial charge in [0.1, 0.15) is 12.4 Å². The number of ether oxygens (including phenoxy) is 2. The van der Waals surface area contributed by atoms with Gasteiger partial charge in [0.15, 0.2) is 0 Å². The van der Waals surface area contributed by atoms with Crippen LogP contribution >= 0.6 is 0 Å². The summed E-state index contributed by atoms with van der Waals surface area (Å²) in [5.74, 6) is -0.0490. The van der Waals surface area contributed by atoms with E-state index in [9.17, 15) is 9.59 Å². The molecule has 3 rings (SSSR count). The molecule has 8 nitrogen and oxygen atoms in total. The first-order valence-electron chi connectivity index (χ1n) is 8.43. The van der Waals surface area contributed by atoms with Crippen molar-refractivity contribution in [2.24, 2.45) is 0 Å². The summed E-state index contributed by atoms with van der Waals surface area (Å²) in [6.45, 7) is 3.99. The average molecular weight is 349 g/mol. The molecule has 1 saturated heterocycles. The summed E-state index contributed by atoms with van der Waals surface area (Å²) < 4.78 is 11.1. The number of fused-ring (bicyclic) bond motifs is 1. The van der Waals surface area contributed by atoms with Gasteiger partial charge in [-0.25, -0.2) is 10.3 Å². The molecular weight excluding hydrogens is 326 g/mol. The Morgan fingerprint density at radius 2 is 2.04 bits per heavy atom. The Morgan fingerprint density at radius 1 is 1.28 bits per heavy atom. The van der Waals surface area contributed by atoms with Crippen molar-refractivity contribution in [1.29, 1.82) is 0 Å². The molecule has 3 N–H and O–H groups in total. The van der Waals surface area contributed by atoms with E-state index < -0.39 is 5.91 Å². The summed E-state index contributed by atoms with van der Waals surface area (Å²) in [7, 11) is 0. The monoisotopic (exact) mass is 349 g/mol. The number of benzene rings is 1. The van der Waals surface area contributed by atoms with Crippen LogP contribution in [0.2, 0.25) is 0 Å². The first kappa shape index (κ1) is 17.5. The van der Waals surface area contributed by atoms with Crippen LogP contribution in [0.15, 0.2) is 18.2 Å². The van der Waals surface area contributed by atoms with Gasteiger partial charge in [0.2, 0.25) is 0 Å². The minimum Gasteiger partial charge on any atom is -0.491 e. The molecule has 0 spiro atoms. The highest BCUT2D eigenvalue weighted by Gasteiger charge is 2.28. The smallest absolute Gasteiger partial charge is 0.318 e. The van der Waals surface area contributed by atoms with E-state index in [1.54, 1.807) is 28.6 Å². The van der Waals surface area contributed by atoms with Crippen molar-refractivity contribution in [2.45, 2.75) is 38.4 Å². The van der Waals surface area contributed by atoms with Crippen molar-refractivity contribution in [3.05, 3.63) is 29.3 Å². The van der Waals surface area contributed by atoms with Crippen molar-refractivity contribution in [1.82, 2.24) is 15.7 Å². The topological polar surface area (TPSA) is 100 Å². The van der Waals surface area contributed by atoms with Crippen LogP contribution in [0.1, 0.15) is 35.7 Å². The number of hydrogen-bond donors (Lipinski definition) is 3. The maximum absolute atomic E-state index is 12.7. The molecule has 8 heteroatoms. The van der Waals surface area contributed by atoms with Crippen molar-refractivity contribution >= 4 is 11.9 Å². The maximum atomic E-state index is 12.7. The fourth-order valence-corrected chi connectivity index (χ4v) is 3.04. The number of urea groups is 1. The highest BCUT2D eigenvalue weighted by molar-refractivity contribution is 5.93. The maximum Gasteiger partial charge on any atom is 0.318 e. The fourth-order valence-electron chi connectivity index (χ4n) is 3.04. The van der Waals surface area contributed by atoms with Gasteiger partial charge >= 0.3 is 6.03 Å². The number of rotatable bonds is 2. The van der Waals surface area contributed by atoms with Crippen LogP contribution in [0, 0.1) is 0 Å². The van der Waals surface area contributed by atoms with Gasteiger partial charge < -0.3 is 19.7 Å². The molecule has 3 amide bonds. The molecule has 0 bridgehead atoms. The molecule has 0 radical (unpaired) electrons. The van der Waals surface area contributed by atoms with Crippen LogP contribution in [0.25, 0.3) is 0 Å². The Balaban J connectivity index is 1.73. The lowest BCUT2D eigenvalue weighted by molar-refractivity contribution is 0.0706. The highest BCUT2D eigenvalue weighted by Crippen LogP contribution is 2.26. The highest BCUT2D eigenvalue weighted by atomic mass is 16.5. The molecule has 1 fully saturated rings. The van der Waals surface area contributed by atoms with E-state index in [4.69, 9.17) is 14.7 Å². The van der Waals surface area contributed by atoms with E-state index in [0.717, 1.165) is 18.4 Å². The van der Waals surface area contributed by atoms with Crippen LogP contribution < -0.4 is 15.5 Å². The molecular formula is C17H23N3O5. The van der Waals surface area contributed by atoms with Crippen LogP contribution in [-0.4, -0.2) is 53.9 Å². The van der Waals surface area contributed by atoms with Gasteiger partial charge in [-0.15, -0.1) is 0 Å². The second kappa shape index (κ2) is 7.71. The SMILES string of the molecule is CC1COc2cc(C(=O)NO)ccc2CN1C(=O)NC1CCOCC1. The van der Waals surface area contributed by atoms with Gasteiger partial charge in [-0.3, -0.25) is 10.0 Å². The third-order valence-electron chi connectivity index (χ3n) is 4.59. The van der Waals surface area contributed by atoms with Crippen LogP contribution in [0.3, 0.4) is 0 Å². The predicted molar refractivity (Wildman–Crippen MR) is 88.6 cm³/mol. The molecule has 136 valence electrons. The lowest BCUT2D eigenvalue weighted by Crippen LogP contribution is -2.50. The Labute approximate surface area is 146 Å². The third-order valence-corrected chi connectivity index (χ3v) is 4.59. The zero-order valence-corrected chi connectivity index (χ0v) is 14.2. The lowest BCUT2D eigenvalue weighted by atomic mass is 10.1. The van der Waals surface area contributed by atoms with Crippen molar-refractivity contribution in [3.8, 4) is 5.75 Å². The van der Waals surface area contributed by atoms with Gasteiger partial charge in [0.05, 0.1) is 12.6 Å². The molecule has 0 aliphatic carbocycles. The van der Waals surface area contributed by atoms with E-state index >= 15 is 0 Å². The molecule has 0 aromatic heterocycles. The molecule has 1 aromatic carbocycles.